The number of aliphatic imine (C=N–C) groups is 1. The van der Waals surface area contributed by atoms with E-state index in [-0.39, 0.29) is 35.2 Å². The van der Waals surface area contributed by atoms with E-state index >= 15 is 0 Å². The molecule has 0 spiro atoms. The number of carbonyl (C=O) groups is 4. The quantitative estimate of drug-likeness (QED) is 0.157. The first kappa shape index (κ1) is 30.0. The van der Waals surface area contributed by atoms with Crippen LogP contribution in [0.4, 0.5) is 0 Å². The first-order valence-corrected chi connectivity index (χ1v) is 15.1. The highest BCUT2D eigenvalue weighted by Gasteiger charge is 2.38. The SMILES string of the molecule is O=C(CCCCCCOc1ccc(-c2ccc3c(c2)C(=O)N(C(C(=O)N=C2NC(=O)CS2)c2ccccc2)C3)cc1)NO. The van der Waals surface area contributed by atoms with E-state index in [1.165, 1.54) is 16.7 Å². The summed E-state index contributed by atoms with van der Waals surface area (Å²) < 4.78 is 5.85. The smallest absolute Gasteiger partial charge is 0.275 e. The summed E-state index contributed by atoms with van der Waals surface area (Å²) in [6.07, 6.45) is 3.70. The van der Waals surface area contributed by atoms with Crippen LogP contribution < -0.4 is 15.5 Å². The average molecular weight is 601 g/mol. The van der Waals surface area contributed by atoms with Crippen molar-refractivity contribution in [3.8, 4) is 16.9 Å². The molecule has 0 radical (unpaired) electrons. The Morgan fingerprint density at radius 1 is 0.977 bits per heavy atom. The van der Waals surface area contributed by atoms with Gasteiger partial charge in [0.05, 0.1) is 12.4 Å². The molecule has 11 heteroatoms. The molecule has 43 heavy (non-hydrogen) atoms. The number of benzene rings is 3. The zero-order chi connectivity index (χ0) is 30.2. The molecule has 2 heterocycles. The van der Waals surface area contributed by atoms with E-state index in [2.05, 4.69) is 10.3 Å². The van der Waals surface area contributed by atoms with Crippen LogP contribution in [0.3, 0.4) is 0 Å². The maximum atomic E-state index is 13.7. The van der Waals surface area contributed by atoms with E-state index in [0.717, 1.165) is 48.1 Å². The Bertz CT molecular complexity index is 1530. The molecule has 1 fully saturated rings. The molecule has 10 nitrogen and oxygen atoms in total. The summed E-state index contributed by atoms with van der Waals surface area (Å²) >= 11 is 1.17. The fourth-order valence-corrected chi connectivity index (χ4v) is 5.76. The Balaban J connectivity index is 1.23. The van der Waals surface area contributed by atoms with Gasteiger partial charge in [0.15, 0.2) is 5.17 Å². The number of hydroxylamine groups is 1. The van der Waals surface area contributed by atoms with Gasteiger partial charge in [0, 0.05) is 18.5 Å². The number of nitrogens with zero attached hydrogens (tertiary/aromatic N) is 2. The maximum Gasteiger partial charge on any atom is 0.275 e. The monoisotopic (exact) mass is 600 g/mol. The third-order valence-corrected chi connectivity index (χ3v) is 8.15. The molecule has 2 aliphatic heterocycles. The number of unbranched alkanes of at least 4 members (excludes halogenated alkanes) is 3. The molecule has 1 unspecified atom stereocenters. The molecule has 3 N–H and O–H groups in total. The van der Waals surface area contributed by atoms with Crippen LogP contribution in [0.1, 0.15) is 59.6 Å². The Labute approximate surface area is 253 Å². The van der Waals surface area contributed by atoms with Gasteiger partial charge in [-0.25, -0.2) is 5.48 Å². The topological polar surface area (TPSA) is 137 Å². The predicted octanol–water partition coefficient (Wildman–Crippen LogP) is 4.63. The summed E-state index contributed by atoms with van der Waals surface area (Å²) in [5, 5.41) is 11.4. The summed E-state index contributed by atoms with van der Waals surface area (Å²) in [5.74, 6) is -0.380. The molecule has 3 aromatic carbocycles. The van der Waals surface area contributed by atoms with Crippen LogP contribution in [-0.4, -0.2) is 51.3 Å². The zero-order valence-electron chi connectivity index (χ0n) is 23.5. The second-order valence-corrected chi connectivity index (χ2v) is 11.2. The van der Waals surface area contributed by atoms with Crippen LogP contribution >= 0.6 is 11.8 Å². The standard InChI is InChI=1S/C32H32N4O6S/c37-27(35-41)10-6-1-2-7-17-42-25-15-13-21(14-16-25)23-11-12-24-19-36(31(40)26(24)18-23)29(22-8-4-3-5-9-22)30(39)34-32-33-28(38)20-43-32/h3-5,8-9,11-16,18,29,41H,1-2,6-7,10,17,19-20H2,(H,35,37)(H,33,34,38,39). The van der Waals surface area contributed by atoms with Gasteiger partial charge in [0.25, 0.3) is 11.8 Å². The van der Waals surface area contributed by atoms with Crippen molar-refractivity contribution in [2.75, 3.05) is 12.4 Å². The van der Waals surface area contributed by atoms with Gasteiger partial charge in [-0.05, 0) is 53.3 Å². The molecule has 0 aliphatic carbocycles. The highest BCUT2D eigenvalue weighted by Crippen LogP contribution is 2.35. The molecule has 1 atom stereocenters. The van der Waals surface area contributed by atoms with Gasteiger partial charge in [0.2, 0.25) is 11.8 Å². The summed E-state index contributed by atoms with van der Waals surface area (Å²) in [6.45, 7) is 0.831. The lowest BCUT2D eigenvalue weighted by atomic mass is 10.0. The van der Waals surface area contributed by atoms with Crippen molar-refractivity contribution < 1.29 is 29.1 Å². The lowest BCUT2D eigenvalue weighted by molar-refractivity contribution is -0.129. The van der Waals surface area contributed by atoms with Crippen molar-refractivity contribution >= 4 is 40.6 Å². The van der Waals surface area contributed by atoms with Crippen LogP contribution in [0, 0.1) is 0 Å². The number of rotatable bonds is 12. The minimum atomic E-state index is -0.924. The van der Waals surface area contributed by atoms with E-state index in [1.54, 1.807) is 17.6 Å². The van der Waals surface area contributed by atoms with Gasteiger partial charge < -0.3 is 15.0 Å². The minimum Gasteiger partial charge on any atom is -0.494 e. The number of ether oxygens (including phenoxy) is 1. The van der Waals surface area contributed by atoms with E-state index in [0.29, 0.717) is 24.2 Å². The maximum absolute atomic E-state index is 13.7. The third-order valence-electron chi connectivity index (χ3n) is 7.28. The summed E-state index contributed by atoms with van der Waals surface area (Å²) in [6, 6.07) is 21.6. The molecule has 222 valence electrons. The molecule has 3 aromatic rings. The van der Waals surface area contributed by atoms with Gasteiger partial charge in [-0.3, -0.25) is 24.4 Å². The first-order valence-electron chi connectivity index (χ1n) is 14.1. The number of fused-ring (bicyclic) bond motifs is 1. The summed E-state index contributed by atoms with van der Waals surface area (Å²) in [4.78, 5) is 55.4. The van der Waals surface area contributed by atoms with Crippen LogP contribution in [0.2, 0.25) is 0 Å². The van der Waals surface area contributed by atoms with Crippen molar-refractivity contribution in [2.45, 2.75) is 44.7 Å². The molecule has 0 saturated carbocycles. The van der Waals surface area contributed by atoms with Crippen molar-refractivity contribution in [2.24, 2.45) is 4.99 Å². The fourth-order valence-electron chi connectivity index (χ4n) is 5.08. The lowest BCUT2D eigenvalue weighted by Crippen LogP contribution is -2.34. The zero-order valence-corrected chi connectivity index (χ0v) is 24.3. The molecule has 0 aromatic heterocycles. The number of carbonyl (C=O) groups excluding carboxylic acids is 4. The molecule has 4 amide bonds. The number of hydrogen-bond acceptors (Lipinski definition) is 7. The molecule has 2 aliphatic rings. The molecule has 0 bridgehead atoms. The van der Waals surface area contributed by atoms with Gasteiger partial charge in [-0.15, -0.1) is 0 Å². The Hall–Kier alpha value is -4.48. The van der Waals surface area contributed by atoms with Crippen LogP contribution in [0.5, 0.6) is 5.75 Å². The number of amidine groups is 1. The number of thioether (sulfide) groups is 1. The Morgan fingerprint density at radius 3 is 2.44 bits per heavy atom. The summed E-state index contributed by atoms with van der Waals surface area (Å²) in [5.41, 5.74) is 5.46. The second-order valence-electron chi connectivity index (χ2n) is 10.3. The largest absolute Gasteiger partial charge is 0.494 e. The van der Waals surface area contributed by atoms with Crippen LogP contribution in [-0.2, 0) is 20.9 Å². The number of hydrogen-bond donors (Lipinski definition) is 3. The van der Waals surface area contributed by atoms with E-state index in [1.807, 2.05) is 60.7 Å². The number of amides is 4. The second kappa shape index (κ2) is 14.1. The molecule has 5 rings (SSSR count). The van der Waals surface area contributed by atoms with Gasteiger partial charge >= 0.3 is 0 Å². The van der Waals surface area contributed by atoms with Crippen molar-refractivity contribution in [1.82, 2.24) is 15.7 Å². The Morgan fingerprint density at radius 2 is 1.72 bits per heavy atom. The fraction of sp³-hybridized carbons (Fsp3) is 0.281. The average Bonchev–Trinajstić information content (AvgIpc) is 3.58. The highest BCUT2D eigenvalue weighted by atomic mass is 32.2. The highest BCUT2D eigenvalue weighted by molar-refractivity contribution is 8.15. The predicted molar refractivity (Wildman–Crippen MR) is 162 cm³/mol. The van der Waals surface area contributed by atoms with Gasteiger partial charge in [0.1, 0.15) is 11.8 Å². The normalized spacial score (nSPS) is 15.7. The van der Waals surface area contributed by atoms with Gasteiger partial charge in [-0.1, -0.05) is 79.2 Å². The van der Waals surface area contributed by atoms with Crippen molar-refractivity contribution in [1.29, 1.82) is 0 Å². The minimum absolute atomic E-state index is 0.205. The summed E-state index contributed by atoms with van der Waals surface area (Å²) in [7, 11) is 0. The molecule has 1 saturated heterocycles. The van der Waals surface area contributed by atoms with E-state index in [9.17, 15) is 19.2 Å². The molecular weight excluding hydrogens is 568 g/mol. The van der Waals surface area contributed by atoms with Crippen LogP contribution in [0.15, 0.2) is 77.8 Å². The number of nitrogens with one attached hydrogen (secondary N) is 2. The van der Waals surface area contributed by atoms with Crippen molar-refractivity contribution in [3.63, 3.8) is 0 Å². The van der Waals surface area contributed by atoms with Gasteiger partial charge in [-0.2, -0.15) is 4.99 Å². The Kier molecular flexibility index (Phi) is 9.85. The van der Waals surface area contributed by atoms with E-state index in [4.69, 9.17) is 9.94 Å². The van der Waals surface area contributed by atoms with E-state index < -0.39 is 11.9 Å². The first-order chi connectivity index (χ1) is 20.9. The molecular formula is C32H32N4O6S. The van der Waals surface area contributed by atoms with Crippen molar-refractivity contribution in [3.05, 3.63) is 89.5 Å². The van der Waals surface area contributed by atoms with Crippen LogP contribution in [0.25, 0.3) is 11.1 Å². The lowest BCUT2D eigenvalue weighted by Gasteiger charge is -2.25. The third kappa shape index (κ3) is 7.49.